The zero-order chi connectivity index (χ0) is 18.4. The summed E-state index contributed by atoms with van der Waals surface area (Å²) in [5.74, 6) is -2.35. The van der Waals surface area contributed by atoms with Crippen LogP contribution in [-0.4, -0.2) is 39.5 Å². The Kier molecular flexibility index (Phi) is 6.30. The van der Waals surface area contributed by atoms with E-state index in [0.717, 1.165) is 0 Å². The van der Waals surface area contributed by atoms with Crippen molar-refractivity contribution in [1.29, 1.82) is 0 Å². The number of hydrogen-bond acceptors (Lipinski definition) is 5. The predicted octanol–water partition coefficient (Wildman–Crippen LogP) is 2.30. The van der Waals surface area contributed by atoms with Crippen molar-refractivity contribution in [3.8, 4) is 11.5 Å². The van der Waals surface area contributed by atoms with E-state index in [9.17, 15) is 19.8 Å². The molecule has 1 amide bonds. The maximum absolute atomic E-state index is 12.9. The van der Waals surface area contributed by atoms with Crippen LogP contribution in [0.25, 0.3) is 0 Å². The first kappa shape index (κ1) is 18.7. The molecule has 0 spiro atoms. The van der Waals surface area contributed by atoms with Crippen molar-refractivity contribution in [3.05, 3.63) is 54.1 Å². The number of carboxylic acids is 1. The standard InChI is InChI=1S/C18H19NO5S/c20-15-7-6-12(9-16(15)21)8-13(11-25)18(24)19(10-17(22)23)14-4-2-1-3-5-14/h1-7,9,13,20-21,25H,8,10-11H2,(H,22,23). The Morgan fingerprint density at radius 3 is 2.28 bits per heavy atom. The van der Waals surface area contributed by atoms with Gasteiger partial charge in [0, 0.05) is 11.4 Å². The molecule has 7 heteroatoms. The van der Waals surface area contributed by atoms with Crippen LogP contribution in [0.5, 0.6) is 11.5 Å². The van der Waals surface area contributed by atoms with Crippen molar-refractivity contribution in [1.82, 2.24) is 0 Å². The lowest BCUT2D eigenvalue weighted by atomic mass is 9.98. The largest absolute Gasteiger partial charge is 0.504 e. The number of carboxylic acid groups (broad SMARTS) is 1. The van der Waals surface area contributed by atoms with Gasteiger partial charge in [0.1, 0.15) is 6.54 Å². The second-order valence-electron chi connectivity index (χ2n) is 5.56. The Morgan fingerprint density at radius 2 is 1.72 bits per heavy atom. The minimum atomic E-state index is -1.11. The van der Waals surface area contributed by atoms with Crippen molar-refractivity contribution in [2.24, 2.45) is 5.92 Å². The van der Waals surface area contributed by atoms with Gasteiger partial charge < -0.3 is 20.2 Å². The number of hydrogen-bond donors (Lipinski definition) is 4. The van der Waals surface area contributed by atoms with Gasteiger partial charge in [-0.05, 0) is 36.2 Å². The van der Waals surface area contributed by atoms with E-state index in [0.29, 0.717) is 11.3 Å². The molecule has 0 aromatic heterocycles. The molecule has 0 bridgehead atoms. The molecule has 0 saturated carbocycles. The zero-order valence-corrected chi connectivity index (χ0v) is 14.3. The molecule has 0 aliphatic carbocycles. The molecule has 0 aliphatic heterocycles. The predicted molar refractivity (Wildman–Crippen MR) is 97.2 cm³/mol. The topological polar surface area (TPSA) is 98.1 Å². The van der Waals surface area contributed by atoms with Crippen LogP contribution in [-0.2, 0) is 16.0 Å². The SMILES string of the molecule is O=C(O)CN(C(=O)C(CS)Cc1ccc(O)c(O)c1)c1ccccc1. The first-order valence-corrected chi connectivity index (χ1v) is 8.25. The molecule has 0 aliphatic rings. The third-order valence-electron chi connectivity index (χ3n) is 3.72. The second kappa shape index (κ2) is 8.43. The molecule has 0 heterocycles. The summed E-state index contributed by atoms with van der Waals surface area (Å²) in [7, 11) is 0. The average Bonchev–Trinajstić information content (AvgIpc) is 2.60. The van der Waals surface area contributed by atoms with Gasteiger partial charge in [0.15, 0.2) is 11.5 Å². The van der Waals surface area contributed by atoms with Gasteiger partial charge in [-0.2, -0.15) is 12.6 Å². The average molecular weight is 361 g/mol. The molecule has 2 rings (SSSR count). The lowest BCUT2D eigenvalue weighted by molar-refractivity contribution is -0.137. The minimum absolute atomic E-state index is 0.212. The highest BCUT2D eigenvalue weighted by molar-refractivity contribution is 7.80. The van der Waals surface area contributed by atoms with E-state index >= 15 is 0 Å². The molecular formula is C18H19NO5S. The number of nitrogens with zero attached hydrogens (tertiary/aromatic N) is 1. The molecule has 1 unspecified atom stereocenters. The van der Waals surface area contributed by atoms with Gasteiger partial charge in [-0.1, -0.05) is 24.3 Å². The third-order valence-corrected chi connectivity index (χ3v) is 4.16. The highest BCUT2D eigenvalue weighted by Crippen LogP contribution is 2.27. The second-order valence-corrected chi connectivity index (χ2v) is 5.93. The van der Waals surface area contributed by atoms with Gasteiger partial charge in [-0.3, -0.25) is 9.59 Å². The van der Waals surface area contributed by atoms with Crippen LogP contribution in [0.15, 0.2) is 48.5 Å². The molecule has 132 valence electrons. The normalized spacial score (nSPS) is 11.7. The van der Waals surface area contributed by atoms with E-state index in [1.165, 1.54) is 17.0 Å². The fourth-order valence-electron chi connectivity index (χ4n) is 2.47. The maximum atomic E-state index is 12.9. The number of amides is 1. The van der Waals surface area contributed by atoms with E-state index in [4.69, 9.17) is 5.11 Å². The van der Waals surface area contributed by atoms with E-state index in [1.807, 2.05) is 0 Å². The van der Waals surface area contributed by atoms with Crippen molar-refractivity contribution in [3.63, 3.8) is 0 Å². The van der Waals surface area contributed by atoms with E-state index < -0.39 is 18.4 Å². The van der Waals surface area contributed by atoms with Crippen LogP contribution < -0.4 is 4.90 Å². The van der Waals surface area contributed by atoms with Gasteiger partial charge in [-0.25, -0.2) is 0 Å². The Bertz CT molecular complexity index is 750. The number of rotatable bonds is 7. The number of carbonyl (C=O) groups is 2. The molecule has 0 radical (unpaired) electrons. The highest BCUT2D eigenvalue weighted by atomic mass is 32.1. The molecule has 2 aromatic carbocycles. The lowest BCUT2D eigenvalue weighted by Gasteiger charge is -2.25. The number of para-hydroxylation sites is 1. The fraction of sp³-hybridized carbons (Fsp3) is 0.222. The molecule has 3 N–H and O–H groups in total. The van der Waals surface area contributed by atoms with Gasteiger partial charge in [-0.15, -0.1) is 0 Å². The summed E-state index contributed by atoms with van der Waals surface area (Å²) in [6, 6.07) is 12.9. The summed E-state index contributed by atoms with van der Waals surface area (Å²) in [5.41, 5.74) is 1.14. The number of anilines is 1. The number of thiol groups is 1. The van der Waals surface area contributed by atoms with Crippen molar-refractivity contribution in [2.45, 2.75) is 6.42 Å². The van der Waals surface area contributed by atoms with E-state index in [1.54, 1.807) is 36.4 Å². The number of aliphatic carboxylic acids is 1. The smallest absolute Gasteiger partial charge is 0.323 e. The summed E-state index contributed by atoms with van der Waals surface area (Å²) in [6.45, 7) is -0.450. The number of benzene rings is 2. The summed E-state index contributed by atoms with van der Waals surface area (Å²) in [4.78, 5) is 25.2. The molecule has 6 nitrogen and oxygen atoms in total. The first-order valence-electron chi connectivity index (χ1n) is 7.62. The molecular weight excluding hydrogens is 342 g/mol. The summed E-state index contributed by atoms with van der Waals surface area (Å²) in [6.07, 6.45) is 0.263. The fourth-order valence-corrected chi connectivity index (χ4v) is 2.76. The lowest BCUT2D eigenvalue weighted by Crippen LogP contribution is -2.41. The molecule has 0 saturated heterocycles. The highest BCUT2D eigenvalue weighted by Gasteiger charge is 2.26. The Morgan fingerprint density at radius 1 is 1.04 bits per heavy atom. The van der Waals surface area contributed by atoms with Crippen molar-refractivity contribution >= 4 is 30.2 Å². The number of carbonyl (C=O) groups excluding carboxylic acids is 1. The number of phenols is 2. The van der Waals surface area contributed by atoms with Crippen molar-refractivity contribution in [2.75, 3.05) is 17.2 Å². The Labute approximate surface area is 150 Å². The van der Waals surface area contributed by atoms with E-state index in [-0.39, 0.29) is 29.6 Å². The Hall–Kier alpha value is -2.67. The van der Waals surface area contributed by atoms with Crippen LogP contribution in [0.2, 0.25) is 0 Å². The van der Waals surface area contributed by atoms with Gasteiger partial charge >= 0.3 is 5.97 Å². The summed E-state index contributed by atoms with van der Waals surface area (Å²) >= 11 is 4.22. The third kappa shape index (κ3) is 4.90. The molecule has 2 aromatic rings. The van der Waals surface area contributed by atoms with Gasteiger partial charge in [0.2, 0.25) is 5.91 Å². The van der Waals surface area contributed by atoms with Crippen LogP contribution >= 0.6 is 12.6 Å². The van der Waals surface area contributed by atoms with Crippen LogP contribution in [0, 0.1) is 5.92 Å². The van der Waals surface area contributed by atoms with Crippen molar-refractivity contribution < 1.29 is 24.9 Å². The summed E-state index contributed by atoms with van der Waals surface area (Å²) in [5, 5.41) is 28.1. The monoisotopic (exact) mass is 361 g/mol. The van der Waals surface area contributed by atoms with Crippen LogP contribution in [0.3, 0.4) is 0 Å². The molecule has 0 fully saturated rings. The van der Waals surface area contributed by atoms with E-state index in [2.05, 4.69) is 12.6 Å². The molecule has 25 heavy (non-hydrogen) atoms. The minimum Gasteiger partial charge on any atom is -0.504 e. The number of aromatic hydroxyl groups is 2. The van der Waals surface area contributed by atoms with Gasteiger partial charge in [0.25, 0.3) is 0 Å². The summed E-state index contributed by atoms with van der Waals surface area (Å²) < 4.78 is 0. The number of phenolic OH excluding ortho intramolecular Hbond substituents is 2. The zero-order valence-electron chi connectivity index (χ0n) is 13.4. The van der Waals surface area contributed by atoms with Gasteiger partial charge in [0.05, 0.1) is 5.92 Å². The van der Waals surface area contributed by atoms with Crippen LogP contribution in [0.1, 0.15) is 5.56 Å². The van der Waals surface area contributed by atoms with Crippen LogP contribution in [0.4, 0.5) is 5.69 Å². The first-order chi connectivity index (χ1) is 11.9. The quantitative estimate of drug-likeness (QED) is 0.448. The Balaban J connectivity index is 2.25. The maximum Gasteiger partial charge on any atom is 0.323 e. The molecule has 1 atom stereocenters.